The average molecular weight is 344 g/mol. The van der Waals surface area contributed by atoms with E-state index in [4.69, 9.17) is 0 Å². The van der Waals surface area contributed by atoms with Gasteiger partial charge in [0.1, 0.15) is 0 Å². The highest BCUT2D eigenvalue weighted by Gasteiger charge is 2.29. The predicted octanol–water partition coefficient (Wildman–Crippen LogP) is 3.07. The lowest BCUT2D eigenvalue weighted by Gasteiger charge is -2.36. The molecule has 0 atom stereocenters. The van der Waals surface area contributed by atoms with Crippen LogP contribution in [-0.4, -0.2) is 38.9 Å². The third kappa shape index (κ3) is 3.19. The lowest BCUT2D eigenvalue weighted by atomic mass is 10.1. The van der Waals surface area contributed by atoms with Gasteiger partial charge in [0.05, 0.1) is 4.90 Å². The zero-order chi connectivity index (χ0) is 17.2. The van der Waals surface area contributed by atoms with Gasteiger partial charge in [-0.2, -0.15) is 4.31 Å². The molecule has 0 N–H and O–H groups in total. The molecule has 0 spiro atoms. The normalized spacial score (nSPS) is 16.3. The van der Waals surface area contributed by atoms with E-state index in [0.717, 1.165) is 25.1 Å². The summed E-state index contributed by atoms with van der Waals surface area (Å²) in [6.07, 6.45) is 0.984. The number of nitrogens with zero attached hydrogens (tertiary/aromatic N) is 2. The van der Waals surface area contributed by atoms with Crippen molar-refractivity contribution in [3.63, 3.8) is 0 Å². The highest BCUT2D eigenvalue weighted by atomic mass is 32.2. The van der Waals surface area contributed by atoms with Crippen LogP contribution in [0.15, 0.2) is 53.4 Å². The molecule has 24 heavy (non-hydrogen) atoms. The quantitative estimate of drug-likeness (QED) is 0.856. The van der Waals surface area contributed by atoms with Crippen molar-refractivity contribution in [2.45, 2.75) is 25.2 Å². The summed E-state index contributed by atoms with van der Waals surface area (Å²) in [7, 11) is -3.41. The second-order valence-corrected chi connectivity index (χ2v) is 8.05. The molecule has 128 valence electrons. The number of piperazine rings is 1. The average Bonchev–Trinajstić information content (AvgIpc) is 2.62. The molecule has 0 aliphatic carbocycles. The van der Waals surface area contributed by atoms with Crippen LogP contribution in [0.1, 0.15) is 18.1 Å². The summed E-state index contributed by atoms with van der Waals surface area (Å²) >= 11 is 0. The fourth-order valence-corrected chi connectivity index (χ4v) is 4.92. The Balaban J connectivity index is 1.77. The van der Waals surface area contributed by atoms with Gasteiger partial charge in [-0.05, 0) is 36.6 Å². The molecule has 1 heterocycles. The molecule has 0 aromatic heterocycles. The first-order chi connectivity index (χ1) is 11.5. The van der Waals surface area contributed by atoms with E-state index in [2.05, 4.69) is 30.0 Å². The molecule has 2 aromatic rings. The Morgan fingerprint density at radius 1 is 0.917 bits per heavy atom. The Morgan fingerprint density at radius 2 is 1.54 bits per heavy atom. The minimum absolute atomic E-state index is 0.424. The number of hydrogen-bond acceptors (Lipinski definition) is 3. The Morgan fingerprint density at radius 3 is 2.21 bits per heavy atom. The third-order valence-corrected chi connectivity index (χ3v) is 6.72. The first-order valence-electron chi connectivity index (χ1n) is 8.42. The Kier molecular flexibility index (Phi) is 4.92. The molecule has 3 rings (SSSR count). The maximum atomic E-state index is 12.9. The molecule has 0 radical (unpaired) electrons. The molecule has 0 amide bonds. The van der Waals surface area contributed by atoms with Crippen molar-refractivity contribution in [1.82, 2.24) is 4.31 Å². The number of sulfonamides is 1. The fraction of sp³-hybridized carbons (Fsp3) is 0.368. The molecule has 0 unspecified atom stereocenters. The summed E-state index contributed by atoms with van der Waals surface area (Å²) in [5, 5.41) is 0. The summed E-state index contributed by atoms with van der Waals surface area (Å²) in [6, 6.07) is 15.6. The van der Waals surface area contributed by atoms with Crippen LogP contribution in [0.25, 0.3) is 0 Å². The topological polar surface area (TPSA) is 40.6 Å². The van der Waals surface area contributed by atoms with Crippen LogP contribution in [0.3, 0.4) is 0 Å². The number of rotatable bonds is 4. The maximum Gasteiger partial charge on any atom is 0.243 e. The number of benzene rings is 2. The van der Waals surface area contributed by atoms with Gasteiger partial charge in [-0.25, -0.2) is 8.42 Å². The number of hydrogen-bond donors (Lipinski definition) is 0. The van der Waals surface area contributed by atoms with Crippen molar-refractivity contribution in [3.8, 4) is 0 Å². The lowest BCUT2D eigenvalue weighted by Crippen LogP contribution is -2.49. The molecule has 1 saturated heterocycles. The highest BCUT2D eigenvalue weighted by Crippen LogP contribution is 2.25. The molecule has 0 saturated carbocycles. The van der Waals surface area contributed by atoms with Crippen LogP contribution in [0.2, 0.25) is 0 Å². The van der Waals surface area contributed by atoms with Crippen LogP contribution in [-0.2, 0) is 16.4 Å². The van der Waals surface area contributed by atoms with E-state index >= 15 is 0 Å². The molecule has 1 fully saturated rings. The zero-order valence-corrected chi connectivity index (χ0v) is 15.1. The number of para-hydroxylation sites is 1. The summed E-state index contributed by atoms with van der Waals surface area (Å²) in [5.74, 6) is 0. The van der Waals surface area contributed by atoms with E-state index in [1.807, 2.05) is 25.1 Å². The van der Waals surface area contributed by atoms with Crippen LogP contribution in [0.5, 0.6) is 0 Å². The standard InChI is InChI=1S/C19H24N2O2S/c1-3-17-9-5-6-10-18(17)20-12-14-21(15-13-20)24(22,23)19-11-7-4-8-16(19)2/h4-11H,3,12-15H2,1-2H3. The van der Waals surface area contributed by atoms with Gasteiger partial charge in [0.15, 0.2) is 0 Å². The second kappa shape index (κ2) is 6.95. The van der Waals surface area contributed by atoms with Crippen molar-refractivity contribution in [3.05, 3.63) is 59.7 Å². The van der Waals surface area contributed by atoms with E-state index < -0.39 is 10.0 Å². The van der Waals surface area contributed by atoms with Crippen molar-refractivity contribution < 1.29 is 8.42 Å². The molecule has 0 bridgehead atoms. The molecule has 5 heteroatoms. The largest absolute Gasteiger partial charge is 0.369 e. The molecule has 1 aliphatic heterocycles. The van der Waals surface area contributed by atoms with E-state index in [0.29, 0.717) is 18.0 Å². The van der Waals surface area contributed by atoms with E-state index in [9.17, 15) is 8.42 Å². The van der Waals surface area contributed by atoms with Gasteiger partial charge in [-0.3, -0.25) is 0 Å². The Bertz CT molecular complexity index is 810. The molecule has 2 aromatic carbocycles. The van der Waals surface area contributed by atoms with Gasteiger partial charge in [-0.15, -0.1) is 0 Å². The maximum absolute atomic E-state index is 12.9. The summed E-state index contributed by atoms with van der Waals surface area (Å²) in [4.78, 5) is 2.72. The minimum atomic E-state index is -3.41. The monoisotopic (exact) mass is 344 g/mol. The molecule has 1 aliphatic rings. The highest BCUT2D eigenvalue weighted by molar-refractivity contribution is 7.89. The predicted molar refractivity (Wildman–Crippen MR) is 98.0 cm³/mol. The Hall–Kier alpha value is -1.85. The van der Waals surface area contributed by atoms with E-state index in [-0.39, 0.29) is 0 Å². The summed E-state index contributed by atoms with van der Waals surface area (Å²) < 4.78 is 27.4. The number of anilines is 1. The van der Waals surface area contributed by atoms with Crippen LogP contribution in [0, 0.1) is 6.92 Å². The summed E-state index contributed by atoms with van der Waals surface area (Å²) in [5.41, 5.74) is 3.34. The van der Waals surface area contributed by atoms with Crippen molar-refractivity contribution in [1.29, 1.82) is 0 Å². The molecule has 4 nitrogen and oxygen atoms in total. The molecular weight excluding hydrogens is 320 g/mol. The SMILES string of the molecule is CCc1ccccc1N1CCN(S(=O)(=O)c2ccccc2C)CC1. The van der Waals surface area contributed by atoms with Crippen LogP contribution < -0.4 is 4.90 Å². The smallest absolute Gasteiger partial charge is 0.243 e. The lowest BCUT2D eigenvalue weighted by molar-refractivity contribution is 0.384. The van der Waals surface area contributed by atoms with Gasteiger partial charge >= 0.3 is 0 Å². The van der Waals surface area contributed by atoms with Crippen molar-refractivity contribution in [2.24, 2.45) is 0 Å². The third-order valence-electron chi connectivity index (χ3n) is 4.66. The summed E-state index contributed by atoms with van der Waals surface area (Å²) in [6.45, 7) is 6.49. The van der Waals surface area contributed by atoms with Crippen molar-refractivity contribution >= 4 is 15.7 Å². The number of aryl methyl sites for hydroxylation is 2. The van der Waals surface area contributed by atoms with Gasteiger partial charge in [0, 0.05) is 31.9 Å². The van der Waals surface area contributed by atoms with Gasteiger partial charge in [0.25, 0.3) is 0 Å². The first-order valence-corrected chi connectivity index (χ1v) is 9.86. The Labute approximate surface area is 144 Å². The van der Waals surface area contributed by atoms with Crippen LogP contribution >= 0.6 is 0 Å². The zero-order valence-electron chi connectivity index (χ0n) is 14.3. The van der Waals surface area contributed by atoms with E-state index in [1.165, 1.54) is 11.3 Å². The van der Waals surface area contributed by atoms with Crippen molar-refractivity contribution in [2.75, 3.05) is 31.1 Å². The van der Waals surface area contributed by atoms with Crippen LogP contribution in [0.4, 0.5) is 5.69 Å². The fourth-order valence-electron chi connectivity index (χ4n) is 3.27. The van der Waals surface area contributed by atoms with Gasteiger partial charge < -0.3 is 4.90 Å². The minimum Gasteiger partial charge on any atom is -0.369 e. The first kappa shape index (κ1) is 17.0. The van der Waals surface area contributed by atoms with Gasteiger partial charge in [0.2, 0.25) is 10.0 Å². The van der Waals surface area contributed by atoms with E-state index in [1.54, 1.807) is 16.4 Å². The molecular formula is C19H24N2O2S. The van der Waals surface area contributed by atoms with Gasteiger partial charge in [-0.1, -0.05) is 43.3 Å². The second-order valence-electron chi connectivity index (χ2n) is 6.14.